The van der Waals surface area contributed by atoms with Crippen molar-refractivity contribution in [3.05, 3.63) is 23.8 Å². The normalized spacial score (nSPS) is 11.6. The molecule has 0 saturated heterocycles. The number of rotatable bonds is 5. The molecule has 1 rings (SSSR count). The van der Waals surface area contributed by atoms with Crippen LogP contribution in [0.25, 0.3) is 0 Å². The average molecular weight is 253 g/mol. The second-order valence-electron chi connectivity index (χ2n) is 3.51. The number of hydrogen-bond acceptors (Lipinski definition) is 4. The van der Waals surface area contributed by atoms with Crippen LogP contribution >= 0.6 is 11.8 Å². The summed E-state index contributed by atoms with van der Waals surface area (Å²) in [7, 11) is 0. The predicted molar refractivity (Wildman–Crippen MR) is 74.3 cm³/mol. The van der Waals surface area contributed by atoms with E-state index in [9.17, 15) is 0 Å². The van der Waals surface area contributed by atoms with Gasteiger partial charge in [-0.1, -0.05) is 11.2 Å². The molecular weight excluding hydrogens is 234 g/mol. The highest BCUT2D eigenvalue weighted by Gasteiger charge is 2.15. The largest absolute Gasteiger partial charge is 0.409 e. The van der Waals surface area contributed by atoms with Gasteiger partial charge in [0.1, 0.15) is 0 Å². The highest BCUT2D eigenvalue weighted by molar-refractivity contribution is 7.98. The van der Waals surface area contributed by atoms with Gasteiger partial charge >= 0.3 is 0 Å². The van der Waals surface area contributed by atoms with Crippen LogP contribution in [0.1, 0.15) is 19.4 Å². The highest BCUT2D eigenvalue weighted by atomic mass is 32.2. The Hall–Kier alpha value is -1.36. The molecule has 0 radical (unpaired) electrons. The van der Waals surface area contributed by atoms with Gasteiger partial charge in [-0.25, -0.2) is 0 Å². The number of nitrogens with zero attached hydrogens (tertiary/aromatic N) is 2. The topological polar surface area (TPSA) is 61.8 Å². The third-order valence-corrected chi connectivity index (χ3v) is 3.47. The fourth-order valence-electron chi connectivity index (χ4n) is 1.82. The van der Waals surface area contributed by atoms with Gasteiger partial charge in [0.2, 0.25) is 0 Å². The Morgan fingerprint density at radius 2 is 2.06 bits per heavy atom. The molecule has 0 heterocycles. The van der Waals surface area contributed by atoms with E-state index in [1.165, 1.54) is 0 Å². The zero-order valence-corrected chi connectivity index (χ0v) is 11.3. The van der Waals surface area contributed by atoms with Crippen molar-refractivity contribution in [2.24, 2.45) is 10.9 Å². The summed E-state index contributed by atoms with van der Waals surface area (Å²) in [6, 6.07) is 5.97. The number of oxime groups is 1. The lowest BCUT2D eigenvalue weighted by Crippen LogP contribution is -2.26. The van der Waals surface area contributed by atoms with E-state index in [0.717, 1.165) is 29.2 Å². The highest BCUT2D eigenvalue weighted by Crippen LogP contribution is 2.29. The fourth-order valence-corrected chi connectivity index (χ4v) is 2.45. The fraction of sp³-hybridized carbons (Fsp3) is 0.417. The molecule has 1 aromatic rings. The first-order valence-electron chi connectivity index (χ1n) is 5.59. The van der Waals surface area contributed by atoms with Gasteiger partial charge in [-0.15, -0.1) is 11.8 Å². The van der Waals surface area contributed by atoms with Crippen molar-refractivity contribution < 1.29 is 5.21 Å². The minimum Gasteiger partial charge on any atom is -0.409 e. The minimum absolute atomic E-state index is 0.164. The van der Waals surface area contributed by atoms with Crippen LogP contribution in [0.15, 0.2) is 28.3 Å². The van der Waals surface area contributed by atoms with E-state index in [4.69, 9.17) is 10.9 Å². The molecule has 0 spiro atoms. The summed E-state index contributed by atoms with van der Waals surface area (Å²) in [5.74, 6) is 0.164. The van der Waals surface area contributed by atoms with E-state index in [1.807, 2.05) is 24.5 Å². The molecule has 94 valence electrons. The maximum absolute atomic E-state index is 8.89. The molecule has 0 atom stereocenters. The van der Waals surface area contributed by atoms with Gasteiger partial charge in [-0.3, -0.25) is 0 Å². The monoisotopic (exact) mass is 253 g/mol. The molecular formula is C12H19N3OS. The van der Waals surface area contributed by atoms with Crippen LogP contribution in [0.4, 0.5) is 5.69 Å². The Bertz CT molecular complexity index is 403. The van der Waals surface area contributed by atoms with Gasteiger partial charge < -0.3 is 15.8 Å². The van der Waals surface area contributed by atoms with Crippen molar-refractivity contribution in [3.8, 4) is 0 Å². The van der Waals surface area contributed by atoms with Gasteiger partial charge in [0.25, 0.3) is 0 Å². The molecule has 17 heavy (non-hydrogen) atoms. The molecule has 4 nitrogen and oxygen atoms in total. The average Bonchev–Trinajstić information content (AvgIpc) is 2.39. The number of anilines is 1. The second kappa shape index (κ2) is 6.39. The molecule has 0 aromatic heterocycles. The lowest BCUT2D eigenvalue weighted by molar-refractivity contribution is 0.318. The maximum Gasteiger partial charge on any atom is 0.173 e. The molecule has 0 amide bonds. The standard InChI is InChI=1S/C12H19N3OS/c1-4-15(5-2)9-7-6-8-10(17-3)11(9)12(13)14-16/h6-8,16H,4-5H2,1-3H3,(H2,13,14). The Kier molecular flexibility index (Phi) is 5.15. The zero-order valence-electron chi connectivity index (χ0n) is 10.5. The Morgan fingerprint density at radius 3 is 2.53 bits per heavy atom. The van der Waals surface area contributed by atoms with Crippen molar-refractivity contribution in [1.29, 1.82) is 0 Å². The van der Waals surface area contributed by atoms with E-state index in [1.54, 1.807) is 11.8 Å². The SMILES string of the molecule is CCN(CC)c1cccc(SC)c1/C(N)=N/O. The van der Waals surface area contributed by atoms with E-state index in [2.05, 4.69) is 23.9 Å². The van der Waals surface area contributed by atoms with Crippen molar-refractivity contribution >= 4 is 23.3 Å². The Balaban J connectivity index is 3.38. The predicted octanol–water partition coefficient (Wildman–Crippen LogP) is 2.35. The van der Waals surface area contributed by atoms with Crippen LogP contribution in [0.2, 0.25) is 0 Å². The molecule has 0 fully saturated rings. The zero-order chi connectivity index (χ0) is 12.8. The quantitative estimate of drug-likeness (QED) is 0.278. The third kappa shape index (κ3) is 2.85. The van der Waals surface area contributed by atoms with Crippen molar-refractivity contribution in [3.63, 3.8) is 0 Å². The smallest absolute Gasteiger partial charge is 0.173 e. The lowest BCUT2D eigenvalue weighted by Gasteiger charge is -2.24. The molecule has 3 N–H and O–H groups in total. The van der Waals surface area contributed by atoms with Crippen LogP contribution in [0.5, 0.6) is 0 Å². The molecule has 0 bridgehead atoms. The van der Waals surface area contributed by atoms with E-state index >= 15 is 0 Å². The van der Waals surface area contributed by atoms with Gasteiger partial charge in [0, 0.05) is 23.7 Å². The van der Waals surface area contributed by atoms with Crippen LogP contribution in [-0.4, -0.2) is 30.4 Å². The first kappa shape index (κ1) is 13.7. The molecule has 0 aliphatic rings. The number of benzene rings is 1. The summed E-state index contributed by atoms with van der Waals surface area (Å²) in [6.45, 7) is 5.96. The molecule has 1 aromatic carbocycles. The van der Waals surface area contributed by atoms with Gasteiger partial charge in [-0.2, -0.15) is 0 Å². The maximum atomic E-state index is 8.89. The summed E-state index contributed by atoms with van der Waals surface area (Å²) in [4.78, 5) is 3.21. The van der Waals surface area contributed by atoms with E-state index in [-0.39, 0.29) is 5.84 Å². The minimum atomic E-state index is 0.164. The molecule has 0 aliphatic heterocycles. The van der Waals surface area contributed by atoms with Gasteiger partial charge in [0.15, 0.2) is 5.84 Å². The van der Waals surface area contributed by atoms with Crippen molar-refractivity contribution in [2.45, 2.75) is 18.7 Å². The third-order valence-electron chi connectivity index (χ3n) is 2.69. The lowest BCUT2D eigenvalue weighted by atomic mass is 10.1. The van der Waals surface area contributed by atoms with E-state index in [0.29, 0.717) is 0 Å². The summed E-state index contributed by atoms with van der Waals surface area (Å²) in [6.07, 6.45) is 1.98. The summed E-state index contributed by atoms with van der Waals surface area (Å²) in [5.41, 5.74) is 7.60. The van der Waals surface area contributed by atoms with Crippen molar-refractivity contribution in [1.82, 2.24) is 0 Å². The Labute approximate surface area is 106 Å². The van der Waals surface area contributed by atoms with Crippen molar-refractivity contribution in [2.75, 3.05) is 24.2 Å². The number of nitrogens with two attached hydrogens (primary N) is 1. The Morgan fingerprint density at radius 1 is 1.41 bits per heavy atom. The van der Waals surface area contributed by atoms with Crippen LogP contribution < -0.4 is 10.6 Å². The van der Waals surface area contributed by atoms with Gasteiger partial charge in [0.05, 0.1) is 5.56 Å². The summed E-state index contributed by atoms with van der Waals surface area (Å²) < 4.78 is 0. The summed E-state index contributed by atoms with van der Waals surface area (Å²) in [5, 5.41) is 12.0. The summed E-state index contributed by atoms with van der Waals surface area (Å²) >= 11 is 1.59. The molecule has 0 saturated carbocycles. The number of amidine groups is 1. The van der Waals surface area contributed by atoms with E-state index < -0.39 is 0 Å². The molecule has 5 heteroatoms. The van der Waals surface area contributed by atoms with Crippen LogP contribution in [0, 0.1) is 0 Å². The first-order chi connectivity index (χ1) is 8.19. The van der Waals surface area contributed by atoms with Crippen LogP contribution in [0.3, 0.4) is 0 Å². The first-order valence-corrected chi connectivity index (χ1v) is 6.81. The molecule has 0 unspecified atom stereocenters. The van der Waals surface area contributed by atoms with Gasteiger partial charge in [-0.05, 0) is 32.2 Å². The number of thioether (sulfide) groups is 1. The second-order valence-corrected chi connectivity index (χ2v) is 4.36. The van der Waals surface area contributed by atoms with Crippen LogP contribution in [-0.2, 0) is 0 Å². The molecule has 0 aliphatic carbocycles. The number of hydrogen-bond donors (Lipinski definition) is 2.